The second-order valence-corrected chi connectivity index (χ2v) is 8.14. The highest BCUT2D eigenvalue weighted by Gasteiger charge is 2.26. The molecule has 0 saturated carbocycles. The topological polar surface area (TPSA) is 29.3 Å². The number of hydrogen-bond acceptors (Lipinski definition) is 5. The van der Waals surface area contributed by atoms with Crippen LogP contribution in [0.15, 0.2) is 24.8 Å². The van der Waals surface area contributed by atoms with Crippen LogP contribution in [0.5, 0.6) is 0 Å². The van der Waals surface area contributed by atoms with E-state index in [0.717, 1.165) is 23.6 Å². The van der Waals surface area contributed by atoms with Crippen molar-refractivity contribution in [2.24, 2.45) is 5.73 Å². The van der Waals surface area contributed by atoms with Crippen LogP contribution in [0, 0.1) is 0 Å². The molecule has 0 bridgehead atoms. The fourth-order valence-corrected chi connectivity index (χ4v) is 3.58. The first-order valence-corrected chi connectivity index (χ1v) is 8.41. The number of nitrogens with two attached hydrogens (primary N) is 1. The van der Waals surface area contributed by atoms with E-state index in [4.69, 9.17) is 5.73 Å². The van der Waals surface area contributed by atoms with Crippen LogP contribution in [0.3, 0.4) is 0 Å². The highest BCUT2D eigenvalue weighted by Crippen LogP contribution is 2.29. The standard InChI is InChI=1S/C13H26N2S3/c1-6-7-18-15(5)10-13(4,9-14)17-8-12(16)11(2)3/h6,12,16H,1-2,7-10,14H2,3-5H3. The van der Waals surface area contributed by atoms with Crippen molar-refractivity contribution < 1.29 is 0 Å². The van der Waals surface area contributed by atoms with E-state index >= 15 is 0 Å². The quantitative estimate of drug-likeness (QED) is 0.369. The molecular formula is C13H26N2S3. The number of thiol groups is 1. The van der Waals surface area contributed by atoms with Gasteiger partial charge in [-0.25, -0.2) is 0 Å². The van der Waals surface area contributed by atoms with Gasteiger partial charge in [-0.05, 0) is 20.9 Å². The summed E-state index contributed by atoms with van der Waals surface area (Å²) in [6.07, 6.45) is 1.92. The summed E-state index contributed by atoms with van der Waals surface area (Å²) in [5.41, 5.74) is 7.03. The highest BCUT2D eigenvalue weighted by atomic mass is 32.2. The molecule has 0 aromatic heterocycles. The summed E-state index contributed by atoms with van der Waals surface area (Å²) in [5.74, 6) is 1.88. The largest absolute Gasteiger partial charge is 0.329 e. The van der Waals surface area contributed by atoms with Crippen LogP contribution in [-0.2, 0) is 0 Å². The lowest BCUT2D eigenvalue weighted by molar-refractivity contribution is 0.479. The van der Waals surface area contributed by atoms with Crippen molar-refractivity contribution in [2.75, 3.05) is 31.6 Å². The molecule has 0 aliphatic carbocycles. The van der Waals surface area contributed by atoms with Gasteiger partial charge in [0, 0.05) is 34.6 Å². The molecule has 0 saturated heterocycles. The average molecular weight is 307 g/mol. The van der Waals surface area contributed by atoms with Gasteiger partial charge in [0.2, 0.25) is 0 Å². The molecule has 2 N–H and O–H groups in total. The third-order valence-electron chi connectivity index (χ3n) is 2.56. The van der Waals surface area contributed by atoms with E-state index in [2.05, 4.69) is 44.1 Å². The van der Waals surface area contributed by atoms with Gasteiger partial charge in [0.25, 0.3) is 0 Å². The van der Waals surface area contributed by atoms with Crippen LogP contribution in [0.1, 0.15) is 13.8 Å². The molecule has 106 valence electrons. The van der Waals surface area contributed by atoms with Gasteiger partial charge in [-0.1, -0.05) is 30.2 Å². The van der Waals surface area contributed by atoms with Crippen molar-refractivity contribution in [2.45, 2.75) is 23.8 Å². The summed E-state index contributed by atoms with van der Waals surface area (Å²) in [5, 5.41) is 0.243. The second kappa shape index (κ2) is 9.37. The summed E-state index contributed by atoms with van der Waals surface area (Å²) in [6, 6.07) is 0. The fraction of sp³-hybridized carbons (Fsp3) is 0.692. The Labute approximate surface area is 126 Å². The van der Waals surface area contributed by atoms with E-state index in [-0.39, 0.29) is 10.00 Å². The predicted octanol–water partition coefficient (Wildman–Crippen LogP) is 3.08. The molecule has 2 atom stereocenters. The molecule has 0 aliphatic rings. The second-order valence-electron chi connectivity index (χ2n) is 4.70. The maximum atomic E-state index is 5.92. The van der Waals surface area contributed by atoms with E-state index in [9.17, 15) is 0 Å². The lowest BCUT2D eigenvalue weighted by atomic mass is 10.2. The summed E-state index contributed by atoms with van der Waals surface area (Å²) in [6.45, 7) is 13.5. The minimum Gasteiger partial charge on any atom is -0.329 e. The van der Waals surface area contributed by atoms with Gasteiger partial charge in [-0.15, -0.1) is 6.58 Å². The van der Waals surface area contributed by atoms with Crippen molar-refractivity contribution in [1.29, 1.82) is 0 Å². The van der Waals surface area contributed by atoms with Crippen LogP contribution >= 0.6 is 36.3 Å². The van der Waals surface area contributed by atoms with Crippen LogP contribution in [0.25, 0.3) is 0 Å². The summed E-state index contributed by atoms with van der Waals surface area (Å²) in [4.78, 5) is 0. The van der Waals surface area contributed by atoms with Crippen molar-refractivity contribution >= 4 is 36.3 Å². The fourth-order valence-electron chi connectivity index (χ4n) is 1.29. The van der Waals surface area contributed by atoms with Crippen LogP contribution in [0.2, 0.25) is 0 Å². The third kappa shape index (κ3) is 7.79. The van der Waals surface area contributed by atoms with Crippen LogP contribution in [0.4, 0.5) is 0 Å². The molecule has 0 spiro atoms. The zero-order valence-electron chi connectivity index (χ0n) is 11.7. The number of thioether (sulfide) groups is 1. The SMILES string of the molecule is C=CCSN(C)CC(C)(CN)SCC(S)C(=C)C. The van der Waals surface area contributed by atoms with Crippen molar-refractivity contribution in [3.8, 4) is 0 Å². The minimum atomic E-state index is 0.0549. The maximum absolute atomic E-state index is 5.92. The van der Waals surface area contributed by atoms with Crippen LogP contribution in [-0.4, -0.2) is 45.9 Å². The first kappa shape index (κ1) is 18.4. The Kier molecular flexibility index (Phi) is 9.60. The first-order chi connectivity index (χ1) is 8.34. The third-order valence-corrected chi connectivity index (χ3v) is 5.88. The molecule has 2 unspecified atom stereocenters. The van der Waals surface area contributed by atoms with Crippen molar-refractivity contribution in [3.63, 3.8) is 0 Å². The molecule has 0 heterocycles. The number of hydrogen-bond donors (Lipinski definition) is 2. The van der Waals surface area contributed by atoms with Gasteiger partial charge in [-0.2, -0.15) is 24.4 Å². The molecule has 0 amide bonds. The van der Waals surface area contributed by atoms with E-state index in [0.29, 0.717) is 6.54 Å². The predicted molar refractivity (Wildman–Crippen MR) is 92.8 cm³/mol. The Morgan fingerprint density at radius 1 is 1.61 bits per heavy atom. The van der Waals surface area contributed by atoms with Gasteiger partial charge in [0.15, 0.2) is 0 Å². The van der Waals surface area contributed by atoms with E-state index in [1.165, 1.54) is 0 Å². The summed E-state index contributed by atoms with van der Waals surface area (Å²) < 4.78 is 2.29. The van der Waals surface area contributed by atoms with Crippen LogP contribution < -0.4 is 5.73 Å². The van der Waals surface area contributed by atoms with E-state index < -0.39 is 0 Å². The zero-order valence-corrected chi connectivity index (χ0v) is 14.2. The van der Waals surface area contributed by atoms with Gasteiger partial charge in [0.05, 0.1) is 0 Å². The molecule has 18 heavy (non-hydrogen) atoms. The van der Waals surface area contributed by atoms with Gasteiger partial charge >= 0.3 is 0 Å². The van der Waals surface area contributed by atoms with Crippen molar-refractivity contribution in [3.05, 3.63) is 24.8 Å². The monoisotopic (exact) mass is 306 g/mol. The number of nitrogens with zero attached hydrogens (tertiary/aromatic N) is 1. The lowest BCUT2D eigenvalue weighted by Crippen LogP contribution is -2.41. The summed E-state index contributed by atoms with van der Waals surface area (Å²) >= 11 is 8.18. The molecule has 0 rings (SSSR count). The molecular weight excluding hydrogens is 280 g/mol. The van der Waals surface area contributed by atoms with E-state index in [1.807, 2.05) is 24.8 Å². The Bertz CT molecular complexity index is 271. The molecule has 0 radical (unpaired) electrons. The molecule has 0 aromatic rings. The minimum absolute atomic E-state index is 0.0549. The Morgan fingerprint density at radius 2 is 2.22 bits per heavy atom. The normalized spacial score (nSPS) is 16.3. The Balaban J connectivity index is 4.24. The Morgan fingerprint density at radius 3 is 2.67 bits per heavy atom. The molecule has 0 fully saturated rings. The first-order valence-electron chi connectivity index (χ1n) is 5.97. The van der Waals surface area contributed by atoms with Gasteiger partial charge < -0.3 is 5.73 Å². The maximum Gasteiger partial charge on any atom is 0.0390 e. The summed E-state index contributed by atoms with van der Waals surface area (Å²) in [7, 11) is 2.10. The molecule has 2 nitrogen and oxygen atoms in total. The lowest BCUT2D eigenvalue weighted by Gasteiger charge is -2.32. The van der Waals surface area contributed by atoms with Gasteiger partial charge in [0.1, 0.15) is 0 Å². The smallest absolute Gasteiger partial charge is 0.0390 e. The zero-order chi connectivity index (χ0) is 14.2. The highest BCUT2D eigenvalue weighted by molar-refractivity contribution is 8.01. The Hall–Kier alpha value is 0.450. The number of rotatable bonds is 10. The molecule has 0 aliphatic heterocycles. The average Bonchev–Trinajstić information content (AvgIpc) is 2.33. The molecule has 0 aromatic carbocycles. The molecule has 5 heteroatoms. The van der Waals surface area contributed by atoms with E-state index in [1.54, 1.807) is 11.9 Å². The van der Waals surface area contributed by atoms with Crippen molar-refractivity contribution in [1.82, 2.24) is 4.31 Å². The van der Waals surface area contributed by atoms with Gasteiger partial charge in [-0.3, -0.25) is 4.31 Å².